The van der Waals surface area contributed by atoms with Crippen LogP contribution in [0.2, 0.25) is 0 Å². The minimum atomic E-state index is 0.102. The van der Waals surface area contributed by atoms with Crippen molar-refractivity contribution in [2.24, 2.45) is 0 Å². The van der Waals surface area contributed by atoms with E-state index in [1.54, 1.807) is 0 Å². The molecule has 7 heteroatoms. The molecule has 1 fully saturated rings. The summed E-state index contributed by atoms with van der Waals surface area (Å²) in [7, 11) is 4.04. The lowest BCUT2D eigenvalue weighted by molar-refractivity contribution is 0.157. The van der Waals surface area contributed by atoms with Gasteiger partial charge >= 0.3 is 6.03 Å². The van der Waals surface area contributed by atoms with Crippen LogP contribution in [0.5, 0.6) is 0 Å². The van der Waals surface area contributed by atoms with Crippen molar-refractivity contribution in [2.45, 2.75) is 26.3 Å². The van der Waals surface area contributed by atoms with Crippen LogP contribution in [0.25, 0.3) is 22.0 Å². The molecule has 34 heavy (non-hydrogen) atoms. The number of hydrogen-bond donors (Lipinski definition) is 0. The third-order valence-electron chi connectivity index (χ3n) is 6.91. The second-order valence-corrected chi connectivity index (χ2v) is 9.05. The van der Waals surface area contributed by atoms with Crippen molar-refractivity contribution in [1.82, 2.24) is 24.7 Å². The van der Waals surface area contributed by atoms with Gasteiger partial charge in [-0.25, -0.2) is 14.8 Å². The summed E-state index contributed by atoms with van der Waals surface area (Å²) in [6.45, 7) is 8.92. The normalized spacial score (nSPS) is 15.8. The first-order chi connectivity index (χ1) is 16.5. The Balaban J connectivity index is 1.37. The van der Waals surface area contributed by atoms with Crippen molar-refractivity contribution in [3.8, 4) is 11.3 Å². The van der Waals surface area contributed by atoms with Gasteiger partial charge in [0.05, 0.1) is 5.69 Å². The molecule has 0 aliphatic carbocycles. The number of nitrogens with zero attached hydrogens (tertiary/aromatic N) is 6. The van der Waals surface area contributed by atoms with Crippen molar-refractivity contribution < 1.29 is 4.79 Å². The monoisotopic (exact) mass is 460 g/mol. The van der Waals surface area contributed by atoms with Gasteiger partial charge in [0.25, 0.3) is 0 Å². The van der Waals surface area contributed by atoms with Gasteiger partial charge in [0.2, 0.25) is 5.95 Å². The van der Waals surface area contributed by atoms with E-state index in [1.165, 1.54) is 10.8 Å². The number of hydrogen-bond acceptors (Lipinski definition) is 5. The van der Waals surface area contributed by atoms with Crippen molar-refractivity contribution in [2.75, 3.05) is 58.3 Å². The van der Waals surface area contributed by atoms with E-state index in [1.807, 2.05) is 43.0 Å². The van der Waals surface area contributed by atoms with Crippen LogP contribution in [0, 0.1) is 0 Å². The summed E-state index contributed by atoms with van der Waals surface area (Å²) < 4.78 is 0. The second kappa shape index (κ2) is 10.8. The molecule has 0 spiro atoms. The van der Waals surface area contributed by atoms with Crippen molar-refractivity contribution in [1.29, 1.82) is 0 Å². The fourth-order valence-electron chi connectivity index (χ4n) is 4.61. The van der Waals surface area contributed by atoms with E-state index in [2.05, 4.69) is 64.3 Å². The molecule has 2 aromatic carbocycles. The Morgan fingerprint density at radius 1 is 1.03 bits per heavy atom. The Morgan fingerprint density at radius 2 is 1.79 bits per heavy atom. The first-order valence-corrected chi connectivity index (χ1v) is 12.3. The molecule has 4 rings (SSSR count). The average Bonchev–Trinajstić information content (AvgIpc) is 3.38. The number of aromatic nitrogens is 2. The number of likely N-dealkylation sites (N-methyl/N-ethyl adjacent to an activating group) is 2. The molecule has 0 saturated carbocycles. The molecule has 1 atom stereocenters. The molecule has 2 amide bonds. The number of urea groups is 1. The van der Waals surface area contributed by atoms with Crippen LogP contribution in [0.3, 0.4) is 0 Å². The van der Waals surface area contributed by atoms with Gasteiger partial charge in [0, 0.05) is 64.1 Å². The van der Waals surface area contributed by atoms with Crippen LogP contribution >= 0.6 is 0 Å². The van der Waals surface area contributed by atoms with E-state index in [4.69, 9.17) is 4.98 Å². The van der Waals surface area contributed by atoms with Gasteiger partial charge in [-0.05, 0) is 50.2 Å². The van der Waals surface area contributed by atoms with E-state index in [-0.39, 0.29) is 6.03 Å². The number of carbonyl (C=O) groups excluding carboxylic acids is 1. The summed E-state index contributed by atoms with van der Waals surface area (Å²) in [6.07, 6.45) is 2.92. The van der Waals surface area contributed by atoms with E-state index >= 15 is 0 Å². The van der Waals surface area contributed by atoms with E-state index in [9.17, 15) is 4.79 Å². The number of amides is 2. The summed E-state index contributed by atoms with van der Waals surface area (Å²) in [5.41, 5.74) is 2.06. The van der Waals surface area contributed by atoms with Crippen molar-refractivity contribution >= 4 is 22.8 Å². The number of benzene rings is 2. The minimum absolute atomic E-state index is 0.102. The van der Waals surface area contributed by atoms with Gasteiger partial charge in [-0.15, -0.1) is 0 Å². The Labute approximate surface area is 203 Å². The smallest absolute Gasteiger partial charge is 0.319 e. The second-order valence-electron chi connectivity index (χ2n) is 9.05. The van der Waals surface area contributed by atoms with Crippen molar-refractivity contribution in [3.63, 3.8) is 0 Å². The molecule has 0 radical (unpaired) electrons. The molecule has 1 aliphatic rings. The first kappa shape index (κ1) is 24.0. The van der Waals surface area contributed by atoms with Crippen molar-refractivity contribution in [3.05, 3.63) is 54.7 Å². The molecule has 2 heterocycles. The van der Waals surface area contributed by atoms with Gasteiger partial charge in [-0.3, -0.25) is 4.90 Å². The predicted octanol–water partition coefficient (Wildman–Crippen LogP) is 4.20. The molecular weight excluding hydrogens is 424 g/mol. The highest BCUT2D eigenvalue weighted by molar-refractivity contribution is 5.86. The highest BCUT2D eigenvalue weighted by atomic mass is 16.2. The molecule has 1 aromatic heterocycles. The standard InChI is InChI=1S/C27H36N6O/c1-5-32(6-2)27(34)31(4)18-17-30(3)24-14-16-33(20-24)26-28-15-13-25(29-26)23-12-11-21-9-7-8-10-22(21)19-23/h7-13,15,19,24H,5-6,14,16-18,20H2,1-4H3/t24-/m1/s1. The topological polar surface area (TPSA) is 55.8 Å². The molecule has 1 saturated heterocycles. The summed E-state index contributed by atoms with van der Waals surface area (Å²) in [5.74, 6) is 0.787. The lowest BCUT2D eigenvalue weighted by atomic mass is 10.1. The number of carbonyl (C=O) groups is 1. The van der Waals surface area contributed by atoms with Gasteiger partial charge in [0.1, 0.15) is 0 Å². The highest BCUT2D eigenvalue weighted by Gasteiger charge is 2.28. The SMILES string of the molecule is CCN(CC)C(=O)N(C)CCN(C)[C@@H]1CCN(c2nccc(-c3ccc4ccccc4c3)n2)C1. The largest absolute Gasteiger partial charge is 0.339 e. The quantitative estimate of drug-likeness (QED) is 0.504. The maximum absolute atomic E-state index is 12.5. The zero-order valence-electron chi connectivity index (χ0n) is 20.8. The predicted molar refractivity (Wildman–Crippen MR) is 139 cm³/mol. The van der Waals surface area contributed by atoms with Crippen LogP contribution < -0.4 is 4.90 Å². The molecule has 3 aromatic rings. The Hall–Kier alpha value is -3.19. The summed E-state index contributed by atoms with van der Waals surface area (Å²) in [6, 6.07) is 17.4. The maximum Gasteiger partial charge on any atom is 0.319 e. The van der Waals surface area contributed by atoms with Crippen LogP contribution in [-0.2, 0) is 0 Å². The lowest BCUT2D eigenvalue weighted by Crippen LogP contribution is -2.45. The molecule has 0 bridgehead atoms. The number of rotatable bonds is 8. The van der Waals surface area contributed by atoms with E-state index in [0.717, 1.165) is 62.9 Å². The Kier molecular flexibility index (Phi) is 7.63. The Bertz CT molecular complexity index is 1110. The number of fused-ring (bicyclic) bond motifs is 1. The van der Waals surface area contributed by atoms with Gasteiger partial charge in [0.15, 0.2) is 0 Å². The van der Waals surface area contributed by atoms with Crippen LogP contribution in [0.4, 0.5) is 10.7 Å². The van der Waals surface area contributed by atoms with Gasteiger partial charge in [-0.1, -0.05) is 36.4 Å². The molecule has 0 unspecified atom stereocenters. The zero-order chi connectivity index (χ0) is 24.1. The molecule has 0 N–H and O–H groups in total. The molecular formula is C27H36N6O. The third-order valence-corrected chi connectivity index (χ3v) is 6.91. The van der Waals surface area contributed by atoms with Crippen LogP contribution in [0.1, 0.15) is 20.3 Å². The van der Waals surface area contributed by atoms with Gasteiger partial charge in [-0.2, -0.15) is 0 Å². The van der Waals surface area contributed by atoms with Crippen LogP contribution in [0.15, 0.2) is 54.7 Å². The fourth-order valence-corrected chi connectivity index (χ4v) is 4.61. The zero-order valence-corrected chi connectivity index (χ0v) is 20.8. The lowest BCUT2D eigenvalue weighted by Gasteiger charge is -2.30. The average molecular weight is 461 g/mol. The molecule has 180 valence electrons. The number of anilines is 1. The molecule has 1 aliphatic heterocycles. The summed E-state index contributed by atoms with van der Waals surface area (Å²) in [4.78, 5) is 30.3. The van der Waals surface area contributed by atoms with E-state index < -0.39 is 0 Å². The minimum Gasteiger partial charge on any atom is -0.339 e. The Morgan fingerprint density at radius 3 is 2.56 bits per heavy atom. The maximum atomic E-state index is 12.5. The summed E-state index contributed by atoms with van der Waals surface area (Å²) in [5, 5.41) is 2.45. The first-order valence-electron chi connectivity index (χ1n) is 12.3. The van der Waals surface area contributed by atoms with Crippen LogP contribution in [-0.4, -0.2) is 90.1 Å². The molecule has 7 nitrogen and oxygen atoms in total. The van der Waals surface area contributed by atoms with E-state index in [0.29, 0.717) is 6.04 Å². The fraction of sp³-hybridized carbons (Fsp3) is 0.444. The van der Waals surface area contributed by atoms with Gasteiger partial charge < -0.3 is 14.7 Å². The third kappa shape index (κ3) is 5.30. The highest BCUT2D eigenvalue weighted by Crippen LogP contribution is 2.25. The summed E-state index contributed by atoms with van der Waals surface area (Å²) >= 11 is 0.